The van der Waals surface area contributed by atoms with Gasteiger partial charge in [-0.25, -0.2) is 0 Å². The molecule has 15 heavy (non-hydrogen) atoms. The Hall–Kier alpha value is -0.490. The lowest BCUT2D eigenvalue weighted by Crippen LogP contribution is -2.18. The number of rotatable bonds is 4. The normalized spacial score (nSPS) is 12.3. The highest BCUT2D eigenvalue weighted by atomic mass is 127. The van der Waals surface area contributed by atoms with Gasteiger partial charge in [0.1, 0.15) is 0 Å². The fourth-order valence-electron chi connectivity index (χ4n) is 1.43. The third-order valence-corrected chi connectivity index (χ3v) is 3.29. The van der Waals surface area contributed by atoms with E-state index in [1.54, 1.807) is 14.2 Å². The van der Waals surface area contributed by atoms with E-state index in [0.29, 0.717) is 0 Å². The van der Waals surface area contributed by atoms with Crippen LogP contribution >= 0.6 is 22.6 Å². The first-order valence-electron chi connectivity index (χ1n) is 4.75. The van der Waals surface area contributed by atoms with Gasteiger partial charge >= 0.3 is 0 Å². The number of halogens is 1. The van der Waals surface area contributed by atoms with Crippen LogP contribution in [0.1, 0.15) is 12.5 Å². The summed E-state index contributed by atoms with van der Waals surface area (Å²) < 4.78 is 11.6. The number of hydrogen-bond acceptors (Lipinski definition) is 3. The summed E-state index contributed by atoms with van der Waals surface area (Å²) in [4.78, 5) is 0. The molecule has 0 amide bonds. The van der Waals surface area contributed by atoms with E-state index < -0.39 is 0 Å². The average molecular weight is 321 g/mol. The fraction of sp³-hybridized carbons (Fsp3) is 0.455. The van der Waals surface area contributed by atoms with Gasteiger partial charge in [0.15, 0.2) is 11.5 Å². The van der Waals surface area contributed by atoms with Crippen LogP contribution in [-0.2, 0) is 6.42 Å². The number of methoxy groups -OCH3 is 2. The van der Waals surface area contributed by atoms with Crippen molar-refractivity contribution in [2.24, 2.45) is 5.73 Å². The fourth-order valence-corrected chi connectivity index (χ4v) is 2.32. The van der Waals surface area contributed by atoms with Gasteiger partial charge in [-0.2, -0.15) is 0 Å². The molecule has 0 bridgehead atoms. The highest BCUT2D eigenvalue weighted by Gasteiger charge is 2.13. The summed E-state index contributed by atoms with van der Waals surface area (Å²) in [7, 11) is 3.29. The lowest BCUT2D eigenvalue weighted by Gasteiger charge is -2.14. The highest BCUT2D eigenvalue weighted by Crippen LogP contribution is 2.34. The van der Waals surface area contributed by atoms with Gasteiger partial charge in [-0.05, 0) is 47.6 Å². The number of benzene rings is 1. The zero-order valence-electron chi connectivity index (χ0n) is 9.21. The Balaban J connectivity index is 3.11. The van der Waals surface area contributed by atoms with Gasteiger partial charge < -0.3 is 15.2 Å². The SMILES string of the molecule is COc1ccc(CC(C)N)c(I)c1OC. The Morgan fingerprint density at radius 3 is 2.47 bits per heavy atom. The monoisotopic (exact) mass is 321 g/mol. The van der Waals surface area contributed by atoms with Crippen LogP contribution in [0.2, 0.25) is 0 Å². The quantitative estimate of drug-likeness (QED) is 0.865. The summed E-state index contributed by atoms with van der Waals surface area (Å²) in [5.74, 6) is 1.55. The molecule has 1 atom stereocenters. The molecule has 0 aromatic heterocycles. The van der Waals surface area contributed by atoms with Crippen molar-refractivity contribution in [1.29, 1.82) is 0 Å². The van der Waals surface area contributed by atoms with Crippen molar-refractivity contribution < 1.29 is 9.47 Å². The average Bonchev–Trinajstić information content (AvgIpc) is 2.20. The van der Waals surface area contributed by atoms with E-state index in [2.05, 4.69) is 22.6 Å². The molecule has 0 heterocycles. The van der Waals surface area contributed by atoms with Crippen molar-refractivity contribution in [3.8, 4) is 11.5 Å². The molecule has 1 aromatic rings. The molecular formula is C11H16INO2. The second-order valence-corrected chi connectivity index (χ2v) is 4.53. The van der Waals surface area contributed by atoms with E-state index in [4.69, 9.17) is 15.2 Å². The highest BCUT2D eigenvalue weighted by molar-refractivity contribution is 14.1. The molecule has 0 aliphatic rings. The van der Waals surface area contributed by atoms with Crippen LogP contribution in [0.15, 0.2) is 12.1 Å². The summed E-state index contributed by atoms with van der Waals surface area (Å²) in [6.07, 6.45) is 0.846. The summed E-state index contributed by atoms with van der Waals surface area (Å²) in [5.41, 5.74) is 6.98. The Morgan fingerprint density at radius 1 is 1.33 bits per heavy atom. The predicted octanol–water partition coefficient (Wildman–Crippen LogP) is 2.20. The summed E-state index contributed by atoms with van der Waals surface area (Å²) >= 11 is 2.26. The lowest BCUT2D eigenvalue weighted by molar-refractivity contribution is 0.352. The van der Waals surface area contributed by atoms with E-state index >= 15 is 0 Å². The second-order valence-electron chi connectivity index (χ2n) is 3.46. The van der Waals surface area contributed by atoms with E-state index in [9.17, 15) is 0 Å². The van der Waals surface area contributed by atoms with E-state index in [-0.39, 0.29) is 6.04 Å². The minimum atomic E-state index is 0.150. The topological polar surface area (TPSA) is 44.5 Å². The molecule has 1 aromatic carbocycles. The van der Waals surface area contributed by atoms with Crippen LogP contribution in [0.5, 0.6) is 11.5 Å². The standard InChI is InChI=1S/C11H16INO2/c1-7(13)6-8-4-5-9(14-2)11(15-3)10(8)12/h4-5,7H,6,13H2,1-3H3. The van der Waals surface area contributed by atoms with Crippen molar-refractivity contribution in [2.75, 3.05) is 14.2 Å². The minimum Gasteiger partial charge on any atom is -0.493 e. The molecule has 0 radical (unpaired) electrons. The zero-order chi connectivity index (χ0) is 11.4. The van der Waals surface area contributed by atoms with Gasteiger partial charge in [-0.1, -0.05) is 6.07 Å². The number of nitrogens with two attached hydrogens (primary N) is 1. The van der Waals surface area contributed by atoms with E-state index in [1.165, 1.54) is 5.56 Å². The molecule has 0 aliphatic heterocycles. The van der Waals surface area contributed by atoms with Crippen molar-refractivity contribution in [2.45, 2.75) is 19.4 Å². The third kappa shape index (κ3) is 2.98. The molecule has 4 heteroatoms. The molecular weight excluding hydrogens is 305 g/mol. The summed E-state index contributed by atoms with van der Waals surface area (Å²) in [6.45, 7) is 1.99. The molecule has 0 fully saturated rings. The molecule has 0 saturated carbocycles. The van der Waals surface area contributed by atoms with E-state index in [1.807, 2.05) is 19.1 Å². The first-order valence-corrected chi connectivity index (χ1v) is 5.83. The first-order chi connectivity index (χ1) is 7.10. The molecule has 1 unspecified atom stereocenters. The van der Waals surface area contributed by atoms with Gasteiger partial charge in [0.05, 0.1) is 17.8 Å². The smallest absolute Gasteiger partial charge is 0.174 e. The maximum Gasteiger partial charge on any atom is 0.174 e. The Kier molecular flexibility index (Phi) is 4.66. The first kappa shape index (κ1) is 12.6. The van der Waals surface area contributed by atoms with Gasteiger partial charge in [0, 0.05) is 6.04 Å². The molecule has 0 saturated heterocycles. The zero-order valence-corrected chi connectivity index (χ0v) is 11.4. The van der Waals surface area contributed by atoms with E-state index in [0.717, 1.165) is 21.5 Å². The Bertz CT molecular complexity index is 340. The number of ether oxygens (including phenoxy) is 2. The molecule has 3 nitrogen and oxygen atoms in total. The molecule has 2 N–H and O–H groups in total. The molecule has 0 aliphatic carbocycles. The van der Waals surface area contributed by atoms with Gasteiger partial charge in [0.25, 0.3) is 0 Å². The van der Waals surface area contributed by atoms with Crippen molar-refractivity contribution in [1.82, 2.24) is 0 Å². The lowest BCUT2D eigenvalue weighted by atomic mass is 10.1. The Labute approximate surface area is 104 Å². The van der Waals surface area contributed by atoms with Crippen molar-refractivity contribution in [3.05, 3.63) is 21.3 Å². The Morgan fingerprint density at radius 2 is 2.00 bits per heavy atom. The van der Waals surface area contributed by atoms with Crippen LogP contribution in [0.3, 0.4) is 0 Å². The van der Waals surface area contributed by atoms with Crippen LogP contribution < -0.4 is 15.2 Å². The molecule has 1 rings (SSSR count). The van der Waals surface area contributed by atoms with Crippen LogP contribution in [0, 0.1) is 3.57 Å². The number of hydrogen-bond donors (Lipinski definition) is 1. The van der Waals surface area contributed by atoms with Crippen LogP contribution in [-0.4, -0.2) is 20.3 Å². The summed E-state index contributed by atoms with van der Waals surface area (Å²) in [6, 6.07) is 4.10. The van der Waals surface area contributed by atoms with Gasteiger partial charge in [0.2, 0.25) is 0 Å². The van der Waals surface area contributed by atoms with Gasteiger partial charge in [-0.15, -0.1) is 0 Å². The molecule has 0 spiro atoms. The van der Waals surface area contributed by atoms with Crippen molar-refractivity contribution >= 4 is 22.6 Å². The van der Waals surface area contributed by atoms with Crippen LogP contribution in [0.4, 0.5) is 0 Å². The van der Waals surface area contributed by atoms with Crippen molar-refractivity contribution in [3.63, 3.8) is 0 Å². The molecule has 84 valence electrons. The summed E-state index contributed by atoms with van der Waals surface area (Å²) in [5, 5.41) is 0. The largest absolute Gasteiger partial charge is 0.493 e. The minimum absolute atomic E-state index is 0.150. The maximum absolute atomic E-state index is 5.78. The van der Waals surface area contributed by atoms with Gasteiger partial charge in [-0.3, -0.25) is 0 Å². The third-order valence-electron chi connectivity index (χ3n) is 2.11. The second kappa shape index (κ2) is 5.55. The predicted molar refractivity (Wildman–Crippen MR) is 69.6 cm³/mol. The maximum atomic E-state index is 5.78. The van der Waals surface area contributed by atoms with Crippen LogP contribution in [0.25, 0.3) is 0 Å².